The lowest BCUT2D eigenvalue weighted by molar-refractivity contribution is 0.109. The van der Waals surface area contributed by atoms with E-state index in [1.165, 1.54) is 24.8 Å². The summed E-state index contributed by atoms with van der Waals surface area (Å²) >= 11 is 0. The fourth-order valence-corrected chi connectivity index (χ4v) is 2.58. The van der Waals surface area contributed by atoms with Crippen LogP contribution in [-0.4, -0.2) is 25.3 Å². The van der Waals surface area contributed by atoms with Gasteiger partial charge in [0.15, 0.2) is 0 Å². The van der Waals surface area contributed by atoms with Crippen molar-refractivity contribution in [3.05, 3.63) is 35.9 Å². The van der Waals surface area contributed by atoms with Gasteiger partial charge in [0.25, 0.3) is 0 Å². The Balaban J connectivity index is 1.46. The quantitative estimate of drug-likeness (QED) is 0.835. The number of nitrogens with one attached hydrogen (secondary N) is 1. The molecule has 0 spiro atoms. The van der Waals surface area contributed by atoms with Crippen LogP contribution in [0.1, 0.15) is 30.7 Å². The molecule has 2 nitrogen and oxygen atoms in total. The van der Waals surface area contributed by atoms with E-state index in [2.05, 4.69) is 35.6 Å². The molecule has 2 aliphatic rings. The third-order valence-corrected chi connectivity index (χ3v) is 3.65. The van der Waals surface area contributed by atoms with Gasteiger partial charge < -0.3 is 10.1 Å². The van der Waals surface area contributed by atoms with Gasteiger partial charge in [-0.3, -0.25) is 0 Å². The topological polar surface area (TPSA) is 21.3 Å². The Bertz CT molecular complexity index is 332. The molecule has 16 heavy (non-hydrogen) atoms. The molecule has 1 saturated carbocycles. The van der Waals surface area contributed by atoms with E-state index in [0.717, 1.165) is 19.1 Å². The van der Waals surface area contributed by atoms with Crippen LogP contribution in [0, 0.1) is 0 Å². The van der Waals surface area contributed by atoms with Crippen LogP contribution in [0.3, 0.4) is 0 Å². The molecular formula is C14H19NO. The van der Waals surface area contributed by atoms with Crippen molar-refractivity contribution in [2.75, 3.05) is 13.2 Å². The molecule has 1 aliphatic carbocycles. The smallest absolute Gasteiger partial charge is 0.0700 e. The number of rotatable bonds is 4. The summed E-state index contributed by atoms with van der Waals surface area (Å²) in [5, 5.41) is 3.62. The zero-order valence-electron chi connectivity index (χ0n) is 9.56. The van der Waals surface area contributed by atoms with Crippen LogP contribution in [0.4, 0.5) is 0 Å². The van der Waals surface area contributed by atoms with Crippen LogP contribution in [0.2, 0.25) is 0 Å². The highest BCUT2D eigenvalue weighted by Gasteiger charge is 2.38. The SMILES string of the molecule is c1ccc(C2CC2NCC2CCCO2)cc1. The first-order valence-corrected chi connectivity index (χ1v) is 6.33. The predicted molar refractivity (Wildman–Crippen MR) is 64.6 cm³/mol. The maximum absolute atomic E-state index is 5.61. The van der Waals surface area contributed by atoms with Gasteiger partial charge in [-0.1, -0.05) is 30.3 Å². The Hall–Kier alpha value is -0.860. The van der Waals surface area contributed by atoms with Crippen LogP contribution in [-0.2, 0) is 4.74 Å². The van der Waals surface area contributed by atoms with E-state index in [1.54, 1.807) is 0 Å². The van der Waals surface area contributed by atoms with Crippen molar-refractivity contribution in [2.24, 2.45) is 0 Å². The molecule has 3 unspecified atom stereocenters. The van der Waals surface area contributed by atoms with Crippen molar-refractivity contribution in [3.8, 4) is 0 Å². The number of ether oxygens (including phenoxy) is 1. The molecule has 0 radical (unpaired) electrons. The zero-order valence-corrected chi connectivity index (χ0v) is 9.56. The predicted octanol–water partition coefficient (Wildman–Crippen LogP) is 2.31. The van der Waals surface area contributed by atoms with Crippen LogP contribution < -0.4 is 5.32 Å². The fraction of sp³-hybridized carbons (Fsp3) is 0.571. The van der Waals surface area contributed by atoms with Crippen molar-refractivity contribution in [2.45, 2.75) is 37.3 Å². The Morgan fingerprint density at radius 2 is 2.12 bits per heavy atom. The van der Waals surface area contributed by atoms with Crippen molar-refractivity contribution in [3.63, 3.8) is 0 Å². The molecule has 0 amide bonds. The summed E-state index contributed by atoms with van der Waals surface area (Å²) in [6, 6.07) is 11.5. The van der Waals surface area contributed by atoms with Crippen LogP contribution in [0.15, 0.2) is 30.3 Å². The molecule has 1 saturated heterocycles. The van der Waals surface area contributed by atoms with E-state index < -0.39 is 0 Å². The molecule has 2 fully saturated rings. The molecule has 3 atom stereocenters. The van der Waals surface area contributed by atoms with Gasteiger partial charge in [-0.05, 0) is 24.8 Å². The lowest BCUT2D eigenvalue weighted by Crippen LogP contribution is -2.28. The summed E-state index contributed by atoms with van der Waals surface area (Å²) in [4.78, 5) is 0. The van der Waals surface area contributed by atoms with Crippen molar-refractivity contribution < 1.29 is 4.74 Å². The maximum atomic E-state index is 5.61. The standard InChI is InChI=1S/C14H19NO/c1-2-5-11(6-3-1)13-9-14(13)15-10-12-7-4-8-16-12/h1-3,5-6,12-15H,4,7-10H2. The summed E-state index contributed by atoms with van der Waals surface area (Å²) in [6.45, 7) is 1.99. The Kier molecular flexibility index (Phi) is 2.94. The number of benzene rings is 1. The second-order valence-electron chi connectivity index (χ2n) is 4.90. The normalized spacial score (nSPS) is 32.9. The minimum Gasteiger partial charge on any atom is -0.377 e. The molecule has 1 N–H and O–H groups in total. The zero-order chi connectivity index (χ0) is 10.8. The molecule has 0 bridgehead atoms. The van der Waals surface area contributed by atoms with Gasteiger partial charge >= 0.3 is 0 Å². The van der Waals surface area contributed by atoms with Gasteiger partial charge in [-0.15, -0.1) is 0 Å². The molecule has 3 rings (SSSR count). The largest absolute Gasteiger partial charge is 0.377 e. The van der Waals surface area contributed by atoms with Gasteiger partial charge in [0.1, 0.15) is 0 Å². The summed E-state index contributed by atoms with van der Waals surface area (Å²) < 4.78 is 5.61. The Morgan fingerprint density at radius 1 is 1.25 bits per heavy atom. The molecular weight excluding hydrogens is 198 g/mol. The van der Waals surface area contributed by atoms with Crippen LogP contribution in [0.5, 0.6) is 0 Å². The monoisotopic (exact) mass is 217 g/mol. The fourth-order valence-electron chi connectivity index (χ4n) is 2.58. The highest BCUT2D eigenvalue weighted by molar-refractivity contribution is 5.27. The summed E-state index contributed by atoms with van der Waals surface area (Å²) in [5.74, 6) is 0.739. The third kappa shape index (κ3) is 2.28. The first kappa shape index (κ1) is 10.3. The molecule has 1 aliphatic heterocycles. The molecule has 0 aromatic heterocycles. The lowest BCUT2D eigenvalue weighted by atomic mass is 10.1. The van der Waals surface area contributed by atoms with Crippen LogP contribution >= 0.6 is 0 Å². The van der Waals surface area contributed by atoms with E-state index in [9.17, 15) is 0 Å². The Labute approximate surface area is 97.0 Å². The first-order valence-electron chi connectivity index (χ1n) is 6.33. The van der Waals surface area contributed by atoms with Crippen molar-refractivity contribution in [1.29, 1.82) is 0 Å². The van der Waals surface area contributed by atoms with Crippen LogP contribution in [0.25, 0.3) is 0 Å². The van der Waals surface area contributed by atoms with Crippen molar-refractivity contribution >= 4 is 0 Å². The average molecular weight is 217 g/mol. The summed E-state index contributed by atoms with van der Waals surface area (Å²) in [6.07, 6.45) is 4.23. The highest BCUT2D eigenvalue weighted by Crippen LogP contribution is 2.40. The van der Waals surface area contributed by atoms with E-state index in [0.29, 0.717) is 12.1 Å². The van der Waals surface area contributed by atoms with E-state index in [-0.39, 0.29) is 0 Å². The molecule has 86 valence electrons. The van der Waals surface area contributed by atoms with Crippen molar-refractivity contribution in [1.82, 2.24) is 5.32 Å². The molecule has 2 heteroatoms. The summed E-state index contributed by atoms with van der Waals surface area (Å²) in [7, 11) is 0. The summed E-state index contributed by atoms with van der Waals surface area (Å²) in [5.41, 5.74) is 1.48. The Morgan fingerprint density at radius 3 is 2.88 bits per heavy atom. The number of hydrogen-bond acceptors (Lipinski definition) is 2. The second kappa shape index (κ2) is 4.56. The maximum Gasteiger partial charge on any atom is 0.0700 e. The van der Waals surface area contributed by atoms with Gasteiger partial charge in [0.05, 0.1) is 6.10 Å². The second-order valence-corrected chi connectivity index (χ2v) is 4.90. The van der Waals surface area contributed by atoms with Gasteiger partial charge in [-0.25, -0.2) is 0 Å². The number of hydrogen-bond donors (Lipinski definition) is 1. The minimum absolute atomic E-state index is 0.469. The average Bonchev–Trinajstić information content (AvgIpc) is 2.93. The lowest BCUT2D eigenvalue weighted by Gasteiger charge is -2.10. The van der Waals surface area contributed by atoms with Gasteiger partial charge in [-0.2, -0.15) is 0 Å². The molecule has 1 aromatic carbocycles. The van der Waals surface area contributed by atoms with Gasteiger partial charge in [0.2, 0.25) is 0 Å². The van der Waals surface area contributed by atoms with E-state index >= 15 is 0 Å². The van der Waals surface area contributed by atoms with E-state index in [4.69, 9.17) is 4.74 Å². The highest BCUT2D eigenvalue weighted by atomic mass is 16.5. The first-order chi connectivity index (χ1) is 7.93. The molecule has 1 aromatic rings. The van der Waals surface area contributed by atoms with E-state index in [1.807, 2.05) is 0 Å². The third-order valence-electron chi connectivity index (χ3n) is 3.65. The minimum atomic E-state index is 0.469. The molecule has 1 heterocycles. The van der Waals surface area contributed by atoms with Gasteiger partial charge in [0, 0.05) is 25.1 Å².